The maximum atomic E-state index is 13.4. The van der Waals surface area contributed by atoms with Crippen molar-refractivity contribution >= 4 is 11.7 Å². The van der Waals surface area contributed by atoms with Crippen LogP contribution in [0.5, 0.6) is 5.75 Å². The Labute approximate surface area is 108 Å². The van der Waals surface area contributed by atoms with E-state index in [9.17, 15) is 9.18 Å². The summed E-state index contributed by atoms with van der Waals surface area (Å²) >= 11 is 0. The number of carbonyl (C=O) groups is 1. The van der Waals surface area contributed by atoms with E-state index in [1.807, 2.05) is 6.07 Å². The molecule has 0 aliphatic rings. The van der Waals surface area contributed by atoms with Crippen molar-refractivity contribution in [2.75, 3.05) is 5.32 Å². The highest BCUT2D eigenvalue weighted by atomic mass is 19.1. The first-order valence-corrected chi connectivity index (χ1v) is 5.26. The average molecular weight is 257 g/mol. The van der Waals surface area contributed by atoms with E-state index in [0.29, 0.717) is 5.56 Å². The molecule has 19 heavy (non-hydrogen) atoms. The van der Waals surface area contributed by atoms with Gasteiger partial charge in [-0.3, -0.25) is 4.79 Å². The van der Waals surface area contributed by atoms with Crippen LogP contribution in [0.4, 0.5) is 10.2 Å². The molecule has 2 rings (SSSR count). The van der Waals surface area contributed by atoms with Gasteiger partial charge in [-0.15, -0.1) is 0 Å². The first kappa shape index (κ1) is 12.5. The number of hydrogen-bond acceptors (Lipinski definition) is 4. The molecule has 0 bridgehead atoms. The smallest absolute Gasteiger partial charge is 0.259 e. The third-order valence-electron chi connectivity index (χ3n) is 2.33. The Morgan fingerprint density at radius 3 is 2.74 bits per heavy atom. The van der Waals surface area contributed by atoms with Crippen LogP contribution in [-0.2, 0) is 0 Å². The summed E-state index contributed by atoms with van der Waals surface area (Å²) in [7, 11) is 0. The van der Waals surface area contributed by atoms with Crippen molar-refractivity contribution in [2.45, 2.75) is 0 Å². The number of nitrogens with one attached hydrogen (secondary N) is 1. The topological polar surface area (TPSA) is 86.0 Å². The minimum atomic E-state index is -0.828. The standard InChI is InChI=1S/C13H8FN3O2/c14-11-5-9(18)2-3-10(11)13(19)17-12-4-1-8(6-15)7-16-12/h1-5,7,18H,(H,16,17,19). The van der Waals surface area contributed by atoms with Gasteiger partial charge >= 0.3 is 0 Å². The van der Waals surface area contributed by atoms with Crippen LogP contribution in [0.15, 0.2) is 36.5 Å². The molecule has 1 aromatic carbocycles. The van der Waals surface area contributed by atoms with Crippen LogP contribution in [0.2, 0.25) is 0 Å². The highest BCUT2D eigenvalue weighted by molar-refractivity contribution is 6.04. The third-order valence-corrected chi connectivity index (χ3v) is 2.33. The van der Waals surface area contributed by atoms with Gasteiger partial charge < -0.3 is 10.4 Å². The van der Waals surface area contributed by atoms with E-state index in [4.69, 9.17) is 10.4 Å². The van der Waals surface area contributed by atoms with Crippen LogP contribution in [0.1, 0.15) is 15.9 Å². The molecule has 1 aromatic heterocycles. The summed E-state index contributed by atoms with van der Waals surface area (Å²) in [5.74, 6) is -1.57. The lowest BCUT2D eigenvalue weighted by Crippen LogP contribution is -2.14. The molecule has 0 aliphatic carbocycles. The van der Waals surface area contributed by atoms with Gasteiger partial charge in [-0.2, -0.15) is 5.26 Å². The minimum Gasteiger partial charge on any atom is -0.508 e. The van der Waals surface area contributed by atoms with Gasteiger partial charge in [0.1, 0.15) is 23.5 Å². The van der Waals surface area contributed by atoms with E-state index in [1.165, 1.54) is 30.5 Å². The average Bonchev–Trinajstić information content (AvgIpc) is 2.39. The normalized spacial score (nSPS) is 9.68. The lowest BCUT2D eigenvalue weighted by Gasteiger charge is -2.05. The van der Waals surface area contributed by atoms with Crippen LogP contribution in [-0.4, -0.2) is 16.0 Å². The number of rotatable bonds is 2. The maximum Gasteiger partial charge on any atom is 0.259 e. The Bertz CT molecular complexity index is 663. The van der Waals surface area contributed by atoms with Crippen LogP contribution < -0.4 is 5.32 Å². The number of benzene rings is 1. The van der Waals surface area contributed by atoms with Gasteiger partial charge in [0.05, 0.1) is 11.1 Å². The highest BCUT2D eigenvalue weighted by Gasteiger charge is 2.12. The Balaban J connectivity index is 2.18. The zero-order valence-corrected chi connectivity index (χ0v) is 9.59. The van der Waals surface area contributed by atoms with Crippen molar-refractivity contribution in [3.63, 3.8) is 0 Å². The van der Waals surface area contributed by atoms with Gasteiger partial charge in [0.25, 0.3) is 5.91 Å². The van der Waals surface area contributed by atoms with Gasteiger partial charge in [0, 0.05) is 12.3 Å². The first-order chi connectivity index (χ1) is 9.10. The monoisotopic (exact) mass is 257 g/mol. The SMILES string of the molecule is N#Cc1ccc(NC(=O)c2ccc(O)cc2F)nc1. The Hall–Kier alpha value is -2.94. The molecule has 2 N–H and O–H groups in total. The second-order valence-corrected chi connectivity index (χ2v) is 3.66. The van der Waals surface area contributed by atoms with Gasteiger partial charge in [-0.25, -0.2) is 9.37 Å². The fourth-order valence-corrected chi connectivity index (χ4v) is 1.41. The number of amides is 1. The van der Waals surface area contributed by atoms with Crippen LogP contribution in [0.3, 0.4) is 0 Å². The summed E-state index contributed by atoms with van der Waals surface area (Å²) < 4.78 is 13.4. The minimum absolute atomic E-state index is 0.205. The predicted octanol–water partition coefficient (Wildman–Crippen LogP) is 2.05. The first-order valence-electron chi connectivity index (χ1n) is 5.26. The number of carbonyl (C=O) groups excluding carboxylic acids is 1. The zero-order chi connectivity index (χ0) is 13.8. The predicted molar refractivity (Wildman–Crippen MR) is 65.0 cm³/mol. The van der Waals surface area contributed by atoms with Crippen molar-refractivity contribution in [3.05, 3.63) is 53.5 Å². The fourth-order valence-electron chi connectivity index (χ4n) is 1.41. The number of phenolic OH excluding ortho intramolecular Hbond substituents is 1. The van der Waals surface area contributed by atoms with Crippen LogP contribution in [0.25, 0.3) is 0 Å². The van der Waals surface area contributed by atoms with Gasteiger partial charge in [0.2, 0.25) is 0 Å². The second-order valence-electron chi connectivity index (χ2n) is 3.66. The van der Waals surface area contributed by atoms with E-state index in [0.717, 1.165) is 6.07 Å². The molecule has 0 spiro atoms. The van der Waals surface area contributed by atoms with E-state index < -0.39 is 11.7 Å². The van der Waals surface area contributed by atoms with Crippen molar-refractivity contribution in [2.24, 2.45) is 0 Å². The molecule has 5 nitrogen and oxygen atoms in total. The van der Waals surface area contributed by atoms with E-state index in [-0.39, 0.29) is 17.1 Å². The summed E-state index contributed by atoms with van der Waals surface area (Å²) in [6.45, 7) is 0. The van der Waals surface area contributed by atoms with Crippen molar-refractivity contribution in [3.8, 4) is 11.8 Å². The molecule has 1 heterocycles. The van der Waals surface area contributed by atoms with E-state index in [2.05, 4.69) is 10.3 Å². The van der Waals surface area contributed by atoms with Gasteiger partial charge in [-0.1, -0.05) is 0 Å². The number of pyridine rings is 1. The molecule has 0 saturated heterocycles. The number of halogens is 1. The molecule has 0 fully saturated rings. The number of nitrogens with zero attached hydrogens (tertiary/aromatic N) is 2. The second kappa shape index (κ2) is 5.14. The molecule has 94 valence electrons. The molecule has 0 atom stereocenters. The lowest BCUT2D eigenvalue weighted by molar-refractivity contribution is 0.102. The maximum absolute atomic E-state index is 13.4. The quantitative estimate of drug-likeness (QED) is 0.862. The molecule has 0 radical (unpaired) electrons. The van der Waals surface area contributed by atoms with Gasteiger partial charge in [0.15, 0.2) is 0 Å². The molecule has 2 aromatic rings. The Morgan fingerprint density at radius 1 is 1.37 bits per heavy atom. The number of aromatic hydroxyl groups is 1. The summed E-state index contributed by atoms with van der Waals surface area (Å²) in [6.07, 6.45) is 1.29. The fraction of sp³-hybridized carbons (Fsp3) is 0. The van der Waals surface area contributed by atoms with E-state index >= 15 is 0 Å². The molecule has 1 amide bonds. The van der Waals surface area contributed by atoms with Crippen molar-refractivity contribution in [1.29, 1.82) is 5.26 Å². The molecule has 0 aliphatic heterocycles. The molecule has 0 unspecified atom stereocenters. The number of hydrogen-bond donors (Lipinski definition) is 2. The van der Waals surface area contributed by atoms with Crippen molar-refractivity contribution in [1.82, 2.24) is 4.98 Å². The van der Waals surface area contributed by atoms with Crippen molar-refractivity contribution < 1.29 is 14.3 Å². The molecular weight excluding hydrogens is 249 g/mol. The zero-order valence-electron chi connectivity index (χ0n) is 9.59. The number of phenols is 1. The van der Waals surface area contributed by atoms with Crippen LogP contribution in [0, 0.1) is 17.1 Å². The summed E-state index contributed by atoms with van der Waals surface area (Å²) in [5, 5.41) is 20.0. The number of anilines is 1. The summed E-state index contributed by atoms with van der Waals surface area (Å²) in [6, 6.07) is 8.04. The number of aromatic nitrogens is 1. The number of nitriles is 1. The van der Waals surface area contributed by atoms with E-state index in [1.54, 1.807) is 0 Å². The molecular formula is C13H8FN3O2. The lowest BCUT2D eigenvalue weighted by atomic mass is 10.2. The highest BCUT2D eigenvalue weighted by Crippen LogP contribution is 2.16. The largest absolute Gasteiger partial charge is 0.508 e. The third kappa shape index (κ3) is 2.84. The summed E-state index contributed by atoms with van der Waals surface area (Å²) in [4.78, 5) is 15.6. The van der Waals surface area contributed by atoms with Gasteiger partial charge in [-0.05, 0) is 24.3 Å². The molecule has 0 saturated carbocycles. The van der Waals surface area contributed by atoms with Crippen LogP contribution >= 0.6 is 0 Å². The Morgan fingerprint density at radius 2 is 2.16 bits per heavy atom. The molecule has 6 heteroatoms. The summed E-state index contributed by atoms with van der Waals surface area (Å²) in [5.41, 5.74) is 0.151. The Kier molecular flexibility index (Phi) is 3.39.